The van der Waals surface area contributed by atoms with Crippen LogP contribution < -0.4 is 5.32 Å². The predicted octanol–water partition coefficient (Wildman–Crippen LogP) is 4.24. The average Bonchev–Trinajstić information content (AvgIpc) is 3.18. The summed E-state index contributed by atoms with van der Waals surface area (Å²) in [4.78, 5) is 15.7. The highest BCUT2D eigenvalue weighted by Crippen LogP contribution is 2.45. The summed E-state index contributed by atoms with van der Waals surface area (Å²) in [5.41, 5.74) is 2.45. The van der Waals surface area contributed by atoms with Crippen molar-refractivity contribution in [3.8, 4) is 0 Å². The highest BCUT2D eigenvalue weighted by atomic mass is 35.5. The lowest BCUT2D eigenvalue weighted by molar-refractivity contribution is 0.0926. The van der Waals surface area contributed by atoms with E-state index in [1.807, 2.05) is 42.5 Å². The van der Waals surface area contributed by atoms with Crippen LogP contribution in [0.5, 0.6) is 0 Å². The normalized spacial score (nSPS) is 15.7. The Hall–Kier alpha value is -2.26. The van der Waals surface area contributed by atoms with Crippen molar-refractivity contribution in [2.45, 2.75) is 18.4 Å². The Morgan fingerprint density at radius 1 is 1.09 bits per heavy atom. The molecular formula is C18H15ClN2O. The van der Waals surface area contributed by atoms with E-state index in [1.165, 1.54) is 5.56 Å². The van der Waals surface area contributed by atoms with E-state index in [-0.39, 0.29) is 11.4 Å². The third kappa shape index (κ3) is 2.28. The van der Waals surface area contributed by atoms with E-state index in [2.05, 4.69) is 22.4 Å². The molecule has 0 aliphatic heterocycles. The molecule has 4 rings (SSSR count). The van der Waals surface area contributed by atoms with E-state index < -0.39 is 0 Å². The van der Waals surface area contributed by atoms with Crippen LogP contribution in [0.25, 0.3) is 10.9 Å². The molecule has 0 spiro atoms. The number of halogens is 1. The van der Waals surface area contributed by atoms with Gasteiger partial charge in [0.05, 0.1) is 5.54 Å². The van der Waals surface area contributed by atoms with Crippen LogP contribution in [0.2, 0.25) is 5.02 Å². The summed E-state index contributed by atoms with van der Waals surface area (Å²) in [7, 11) is 0. The molecule has 110 valence electrons. The van der Waals surface area contributed by atoms with Crippen LogP contribution in [0.15, 0.2) is 54.6 Å². The lowest BCUT2D eigenvalue weighted by atomic mass is 10.0. The number of nitrogens with one attached hydrogen (secondary N) is 2. The largest absolute Gasteiger partial charge is 0.351 e. The lowest BCUT2D eigenvalue weighted by Gasteiger charge is -2.17. The van der Waals surface area contributed by atoms with Gasteiger partial charge in [0, 0.05) is 15.9 Å². The van der Waals surface area contributed by atoms with Crippen molar-refractivity contribution in [2.24, 2.45) is 0 Å². The molecule has 1 heterocycles. The summed E-state index contributed by atoms with van der Waals surface area (Å²) >= 11 is 5.99. The van der Waals surface area contributed by atoms with E-state index >= 15 is 0 Å². The minimum atomic E-state index is -0.201. The minimum absolute atomic E-state index is 0.0753. The van der Waals surface area contributed by atoms with Crippen LogP contribution >= 0.6 is 11.6 Å². The summed E-state index contributed by atoms with van der Waals surface area (Å²) in [5.74, 6) is -0.0753. The molecule has 0 saturated heterocycles. The van der Waals surface area contributed by atoms with E-state index in [0.29, 0.717) is 10.7 Å². The number of rotatable bonds is 3. The number of hydrogen-bond donors (Lipinski definition) is 2. The first-order valence-corrected chi connectivity index (χ1v) is 7.70. The molecule has 1 amide bonds. The molecule has 1 aliphatic carbocycles. The molecule has 3 aromatic rings. The zero-order valence-electron chi connectivity index (χ0n) is 11.9. The number of hydrogen-bond acceptors (Lipinski definition) is 1. The Balaban J connectivity index is 1.61. The number of benzene rings is 2. The number of amides is 1. The van der Waals surface area contributed by atoms with E-state index in [4.69, 9.17) is 11.6 Å². The standard InChI is InChI=1S/C18H15ClN2O/c19-14-6-7-15-12(10-14)11-16(20-15)17(22)21-18(8-9-18)13-4-2-1-3-5-13/h1-7,10-11,20H,8-9H2,(H,21,22). The van der Waals surface area contributed by atoms with Gasteiger partial charge in [0.25, 0.3) is 5.91 Å². The summed E-state index contributed by atoms with van der Waals surface area (Å²) in [5, 5.41) is 4.79. The van der Waals surface area contributed by atoms with Crippen molar-refractivity contribution >= 4 is 28.4 Å². The highest BCUT2D eigenvalue weighted by molar-refractivity contribution is 6.31. The van der Waals surface area contributed by atoms with Gasteiger partial charge in [0.2, 0.25) is 0 Å². The van der Waals surface area contributed by atoms with Gasteiger partial charge in [0.15, 0.2) is 0 Å². The van der Waals surface area contributed by atoms with Crippen molar-refractivity contribution in [3.05, 3.63) is 70.9 Å². The second-order valence-corrected chi connectivity index (χ2v) is 6.25. The predicted molar refractivity (Wildman–Crippen MR) is 88.1 cm³/mol. The third-order valence-electron chi connectivity index (χ3n) is 4.26. The van der Waals surface area contributed by atoms with Gasteiger partial charge in [0.1, 0.15) is 5.69 Å². The number of aromatic amines is 1. The topological polar surface area (TPSA) is 44.9 Å². The smallest absolute Gasteiger partial charge is 0.268 e. The number of carbonyl (C=O) groups is 1. The van der Waals surface area contributed by atoms with E-state index in [1.54, 1.807) is 0 Å². The summed E-state index contributed by atoms with van der Waals surface area (Å²) in [6.45, 7) is 0. The zero-order valence-corrected chi connectivity index (χ0v) is 12.7. The summed E-state index contributed by atoms with van der Waals surface area (Å²) < 4.78 is 0. The van der Waals surface area contributed by atoms with Crippen molar-refractivity contribution in [1.82, 2.24) is 10.3 Å². The van der Waals surface area contributed by atoms with Crippen LogP contribution in [0.4, 0.5) is 0 Å². The van der Waals surface area contributed by atoms with Gasteiger partial charge in [-0.25, -0.2) is 0 Å². The van der Waals surface area contributed by atoms with Crippen molar-refractivity contribution in [3.63, 3.8) is 0 Å². The van der Waals surface area contributed by atoms with E-state index in [0.717, 1.165) is 23.7 Å². The Kier molecular flexibility index (Phi) is 2.98. The Morgan fingerprint density at radius 2 is 1.86 bits per heavy atom. The van der Waals surface area contributed by atoms with Gasteiger partial charge in [-0.05, 0) is 42.7 Å². The first kappa shape index (κ1) is 13.4. The molecule has 0 atom stereocenters. The molecule has 1 aliphatic rings. The van der Waals surface area contributed by atoms with Gasteiger partial charge < -0.3 is 10.3 Å². The third-order valence-corrected chi connectivity index (χ3v) is 4.49. The van der Waals surface area contributed by atoms with Gasteiger partial charge in [-0.1, -0.05) is 41.9 Å². The van der Waals surface area contributed by atoms with Gasteiger partial charge in [-0.3, -0.25) is 4.79 Å². The highest BCUT2D eigenvalue weighted by Gasteiger charge is 2.45. The lowest BCUT2D eigenvalue weighted by Crippen LogP contribution is -2.34. The SMILES string of the molecule is O=C(NC1(c2ccccc2)CC1)c1cc2cc(Cl)ccc2[nH]1. The van der Waals surface area contributed by atoms with Crippen molar-refractivity contribution in [2.75, 3.05) is 0 Å². The maximum Gasteiger partial charge on any atom is 0.268 e. The Morgan fingerprint density at radius 3 is 2.59 bits per heavy atom. The summed E-state index contributed by atoms with van der Waals surface area (Å²) in [6, 6.07) is 17.5. The number of carbonyl (C=O) groups excluding carboxylic acids is 1. The van der Waals surface area contributed by atoms with Crippen LogP contribution in [-0.4, -0.2) is 10.9 Å². The molecule has 22 heavy (non-hydrogen) atoms. The minimum Gasteiger partial charge on any atom is -0.351 e. The fourth-order valence-corrected chi connectivity index (χ4v) is 3.06. The van der Waals surface area contributed by atoms with Crippen LogP contribution in [0, 0.1) is 0 Å². The van der Waals surface area contributed by atoms with Gasteiger partial charge >= 0.3 is 0 Å². The number of fused-ring (bicyclic) bond motifs is 1. The van der Waals surface area contributed by atoms with Gasteiger partial charge in [-0.15, -0.1) is 0 Å². The fourth-order valence-electron chi connectivity index (χ4n) is 2.88. The van der Waals surface area contributed by atoms with Gasteiger partial charge in [-0.2, -0.15) is 0 Å². The summed E-state index contributed by atoms with van der Waals surface area (Å²) in [6.07, 6.45) is 1.96. The molecule has 0 bridgehead atoms. The maximum atomic E-state index is 12.6. The zero-order chi connectivity index (χ0) is 15.2. The average molecular weight is 311 g/mol. The number of aromatic nitrogens is 1. The molecule has 3 nitrogen and oxygen atoms in total. The van der Waals surface area contributed by atoms with Crippen LogP contribution in [0.1, 0.15) is 28.9 Å². The fraction of sp³-hybridized carbons (Fsp3) is 0.167. The monoisotopic (exact) mass is 310 g/mol. The first-order chi connectivity index (χ1) is 10.7. The van der Waals surface area contributed by atoms with Crippen molar-refractivity contribution < 1.29 is 4.79 Å². The second kappa shape index (κ2) is 4.89. The molecule has 1 saturated carbocycles. The molecular weight excluding hydrogens is 296 g/mol. The molecule has 0 radical (unpaired) electrons. The molecule has 2 aromatic carbocycles. The molecule has 2 N–H and O–H groups in total. The van der Waals surface area contributed by atoms with E-state index in [9.17, 15) is 4.79 Å². The van der Waals surface area contributed by atoms with Crippen molar-refractivity contribution in [1.29, 1.82) is 0 Å². The molecule has 1 aromatic heterocycles. The van der Waals surface area contributed by atoms with Crippen LogP contribution in [-0.2, 0) is 5.54 Å². The maximum absolute atomic E-state index is 12.6. The quantitative estimate of drug-likeness (QED) is 0.746. The Labute approximate surface area is 133 Å². The van der Waals surface area contributed by atoms with Crippen LogP contribution in [0.3, 0.4) is 0 Å². The first-order valence-electron chi connectivity index (χ1n) is 7.33. The molecule has 1 fully saturated rings. The second-order valence-electron chi connectivity index (χ2n) is 5.82. The molecule has 0 unspecified atom stereocenters. The Bertz CT molecular complexity index is 850. The molecule has 4 heteroatoms. The number of H-pyrrole nitrogens is 1.